The van der Waals surface area contributed by atoms with Gasteiger partial charge in [-0.15, -0.1) is 0 Å². The van der Waals surface area contributed by atoms with Crippen molar-refractivity contribution in [2.75, 3.05) is 0 Å². The number of nitrogens with zero attached hydrogens (tertiary/aromatic N) is 1. The van der Waals surface area contributed by atoms with Crippen molar-refractivity contribution in [1.82, 2.24) is 0 Å². The second-order valence-corrected chi connectivity index (χ2v) is 13.1. The number of halogens is 8. The second kappa shape index (κ2) is 10.8. The molecule has 0 saturated heterocycles. The smallest absolute Gasteiger partial charge is 0.404 e. The molecule has 0 unspecified atom stereocenters. The number of hydrogen-bond acceptors (Lipinski definition) is 2. The first-order valence-electron chi connectivity index (χ1n) is 12.5. The van der Waals surface area contributed by atoms with Crippen molar-refractivity contribution in [1.29, 1.82) is 0 Å². The van der Waals surface area contributed by atoms with Crippen molar-refractivity contribution in [3.63, 3.8) is 0 Å². The van der Waals surface area contributed by atoms with E-state index in [2.05, 4.69) is 20.9 Å². The molecule has 39 heavy (non-hydrogen) atoms. The predicted molar refractivity (Wildman–Crippen MR) is 149 cm³/mol. The van der Waals surface area contributed by atoms with Crippen molar-refractivity contribution in [3.05, 3.63) is 66.8 Å². The summed E-state index contributed by atoms with van der Waals surface area (Å²) in [5.74, 6) is -5.02. The van der Waals surface area contributed by atoms with E-state index < -0.39 is 46.3 Å². The molecule has 1 fully saturated rings. The molecular weight excluding hydrogens is 645 g/mol. The van der Waals surface area contributed by atoms with Crippen molar-refractivity contribution in [3.8, 4) is 0 Å². The quantitative estimate of drug-likeness (QED) is 0.254. The molecule has 2 aliphatic rings. The molecule has 6 atom stereocenters. The molecule has 0 radical (unpaired) electrons. The van der Waals surface area contributed by atoms with Gasteiger partial charge in [-0.05, 0) is 87.8 Å². The van der Waals surface area contributed by atoms with E-state index in [1.807, 2.05) is 20.8 Å². The number of aliphatic carboxylic acids is 1. The van der Waals surface area contributed by atoms with E-state index >= 15 is 13.2 Å². The van der Waals surface area contributed by atoms with Gasteiger partial charge in [-0.25, -0.2) is 4.39 Å². The number of carboxylic acids is 1. The van der Waals surface area contributed by atoms with Gasteiger partial charge in [0.2, 0.25) is 0 Å². The van der Waals surface area contributed by atoms with E-state index in [-0.39, 0.29) is 42.9 Å². The van der Waals surface area contributed by atoms with Crippen LogP contribution < -0.4 is 0 Å². The zero-order valence-electron chi connectivity index (χ0n) is 21.3. The third-order valence-electron chi connectivity index (χ3n) is 8.52. The van der Waals surface area contributed by atoms with E-state index in [1.54, 1.807) is 0 Å². The van der Waals surface area contributed by atoms with Gasteiger partial charge in [-0.1, -0.05) is 68.1 Å². The monoisotopic (exact) mass is 669 g/mol. The Balaban J connectivity index is 2.12. The molecule has 1 saturated carbocycles. The van der Waals surface area contributed by atoms with Gasteiger partial charge in [0, 0.05) is 6.21 Å². The Bertz CT molecular complexity index is 1300. The lowest BCUT2D eigenvalue weighted by Crippen LogP contribution is -2.58. The summed E-state index contributed by atoms with van der Waals surface area (Å²) in [5, 5.41) is 10.1. The van der Waals surface area contributed by atoms with Crippen molar-refractivity contribution < 1.29 is 27.5 Å². The first-order valence-corrected chi connectivity index (χ1v) is 14.5. The molecule has 11 heteroatoms. The van der Waals surface area contributed by atoms with Crippen LogP contribution in [0.2, 0.25) is 15.1 Å². The SMILES string of the molecule is CC(C)[C@@H]1CC[C@@H](C)C[C@H]1[C@@]1(c2ccc(F)c(Br)c2)N=C[C@](c2cc(Cl)c(Cl)c(Cl)c2)(C(F)(F)F)[C@H]1C(=O)O. The summed E-state index contributed by atoms with van der Waals surface area (Å²) < 4.78 is 60.7. The molecule has 4 rings (SSSR count). The lowest BCUT2D eigenvalue weighted by atomic mass is 9.53. The van der Waals surface area contributed by atoms with E-state index in [0.717, 1.165) is 24.6 Å². The molecular formula is C28H27BrCl3F4NO2. The minimum atomic E-state index is -5.12. The summed E-state index contributed by atoms with van der Waals surface area (Å²) in [6.45, 7) is 5.96. The van der Waals surface area contributed by atoms with Gasteiger partial charge in [0.25, 0.3) is 0 Å². The van der Waals surface area contributed by atoms with Gasteiger partial charge < -0.3 is 5.11 Å². The van der Waals surface area contributed by atoms with Crippen LogP contribution in [0.1, 0.15) is 51.2 Å². The minimum Gasteiger partial charge on any atom is -0.481 e. The highest BCUT2D eigenvalue weighted by Gasteiger charge is 2.73. The van der Waals surface area contributed by atoms with E-state index in [1.165, 1.54) is 12.1 Å². The first-order chi connectivity index (χ1) is 18.1. The zero-order chi connectivity index (χ0) is 29.1. The highest BCUT2D eigenvalue weighted by molar-refractivity contribution is 9.10. The number of aliphatic imine (C=N–C) groups is 1. The number of alkyl halides is 3. The van der Waals surface area contributed by atoms with Gasteiger partial charge in [0.1, 0.15) is 22.7 Å². The predicted octanol–water partition coefficient (Wildman–Crippen LogP) is 9.74. The Hall–Kier alpha value is -1.35. The number of rotatable bonds is 5. The van der Waals surface area contributed by atoms with Crippen molar-refractivity contribution in [2.24, 2.45) is 34.6 Å². The fourth-order valence-electron chi connectivity index (χ4n) is 6.74. The normalized spacial score (nSPS) is 31.2. The molecule has 1 N–H and O–H groups in total. The molecule has 3 nitrogen and oxygen atoms in total. The Morgan fingerprint density at radius 1 is 1.10 bits per heavy atom. The molecule has 0 aromatic heterocycles. The Morgan fingerprint density at radius 2 is 1.72 bits per heavy atom. The van der Waals surface area contributed by atoms with E-state index in [0.29, 0.717) is 19.1 Å². The molecule has 1 heterocycles. The van der Waals surface area contributed by atoms with Crippen LogP contribution in [0, 0.1) is 35.4 Å². The molecule has 2 aromatic rings. The standard InChI is InChI=1S/C28H27BrCl3F4NO2/c1-13(2)17-6-4-14(3)8-18(17)27(15-5-7-22(33)19(29)9-15)24(25(38)39)26(12-37-27,28(34,35)36)16-10-20(30)23(32)21(31)11-16/h5,7,9-14,17-18,24H,4,6,8H2,1-3H3,(H,38,39)/t14-,17+,18-,24-,26-,27-/m1/s1. The lowest BCUT2D eigenvalue weighted by Gasteiger charge is -2.50. The topological polar surface area (TPSA) is 49.7 Å². The fraction of sp³-hybridized carbons (Fsp3) is 0.500. The highest BCUT2D eigenvalue weighted by atomic mass is 79.9. The Labute approximate surface area is 248 Å². The number of carbonyl (C=O) groups is 1. The van der Waals surface area contributed by atoms with Crippen LogP contribution in [-0.2, 0) is 15.7 Å². The maximum absolute atomic E-state index is 15.4. The molecule has 1 aliphatic carbocycles. The highest BCUT2D eigenvalue weighted by Crippen LogP contribution is 2.63. The zero-order valence-corrected chi connectivity index (χ0v) is 25.2. The first kappa shape index (κ1) is 30.6. The van der Waals surface area contributed by atoms with Crippen LogP contribution in [0.25, 0.3) is 0 Å². The summed E-state index contributed by atoms with van der Waals surface area (Å²) in [7, 11) is 0. The maximum Gasteiger partial charge on any atom is 0.404 e. The van der Waals surface area contributed by atoms with Crippen LogP contribution in [0.4, 0.5) is 17.6 Å². The largest absolute Gasteiger partial charge is 0.481 e. The van der Waals surface area contributed by atoms with E-state index in [9.17, 15) is 14.3 Å². The van der Waals surface area contributed by atoms with Crippen LogP contribution in [-0.4, -0.2) is 23.5 Å². The summed E-state index contributed by atoms with van der Waals surface area (Å²) in [6.07, 6.45) is -2.40. The lowest BCUT2D eigenvalue weighted by molar-refractivity contribution is -0.198. The van der Waals surface area contributed by atoms with Crippen molar-refractivity contribution in [2.45, 2.75) is 57.2 Å². The third-order valence-corrected chi connectivity index (χ3v) is 10.3. The average Bonchev–Trinajstić information content (AvgIpc) is 3.22. The van der Waals surface area contributed by atoms with Gasteiger partial charge in [0.15, 0.2) is 0 Å². The Morgan fingerprint density at radius 3 is 2.23 bits per heavy atom. The molecule has 1 aliphatic heterocycles. The van der Waals surface area contributed by atoms with E-state index in [4.69, 9.17) is 34.8 Å². The molecule has 212 valence electrons. The van der Waals surface area contributed by atoms with Gasteiger partial charge in [-0.2, -0.15) is 13.2 Å². The number of hydrogen-bond donors (Lipinski definition) is 1. The van der Waals surface area contributed by atoms with Crippen LogP contribution in [0.3, 0.4) is 0 Å². The second-order valence-electron chi connectivity index (χ2n) is 11.0. The minimum absolute atomic E-state index is 0.00533. The maximum atomic E-state index is 15.4. The number of carboxylic acid groups (broad SMARTS) is 1. The molecule has 0 spiro atoms. The van der Waals surface area contributed by atoms with Crippen LogP contribution in [0.15, 0.2) is 39.8 Å². The Kier molecular flexibility index (Phi) is 8.48. The molecule has 0 amide bonds. The van der Waals surface area contributed by atoms with Gasteiger partial charge in [0.05, 0.1) is 19.5 Å². The summed E-state index contributed by atoms with van der Waals surface area (Å²) in [5.41, 5.74) is -5.25. The third kappa shape index (κ3) is 4.91. The average molecular weight is 672 g/mol. The van der Waals surface area contributed by atoms with Crippen LogP contribution >= 0.6 is 50.7 Å². The number of benzene rings is 2. The van der Waals surface area contributed by atoms with Gasteiger partial charge in [-0.3, -0.25) is 9.79 Å². The fourth-order valence-corrected chi connectivity index (χ4v) is 7.72. The molecule has 2 aromatic carbocycles. The summed E-state index contributed by atoms with van der Waals surface area (Å²) in [6, 6.07) is 5.83. The van der Waals surface area contributed by atoms with Crippen LogP contribution in [0.5, 0.6) is 0 Å². The molecule has 0 bridgehead atoms. The van der Waals surface area contributed by atoms with Crippen molar-refractivity contribution >= 4 is 62.9 Å². The summed E-state index contributed by atoms with van der Waals surface area (Å²) in [4.78, 5) is 17.8. The van der Waals surface area contributed by atoms with Gasteiger partial charge >= 0.3 is 12.1 Å². The summed E-state index contributed by atoms with van der Waals surface area (Å²) >= 11 is 21.5.